The number of rotatable bonds is 57. The third kappa shape index (κ3) is 62.5. The van der Waals surface area contributed by atoms with Crippen molar-refractivity contribution in [2.45, 2.75) is 297 Å². The molecule has 0 aliphatic heterocycles. The number of ether oxygens (including phenoxy) is 3. The smallest absolute Gasteiger partial charge is 0.306 e. The third-order valence-electron chi connectivity index (χ3n) is 13.4. The third-order valence-corrected chi connectivity index (χ3v) is 13.4. The molecule has 0 aliphatic carbocycles. The predicted molar refractivity (Wildman–Crippen MR) is 334 cm³/mol. The van der Waals surface area contributed by atoms with E-state index >= 15 is 0 Å². The van der Waals surface area contributed by atoms with Gasteiger partial charge in [0.1, 0.15) is 13.2 Å². The van der Waals surface area contributed by atoms with Crippen LogP contribution in [0.1, 0.15) is 290 Å². The fourth-order valence-corrected chi connectivity index (χ4v) is 8.69. The van der Waals surface area contributed by atoms with E-state index in [-0.39, 0.29) is 37.5 Å². The average Bonchev–Trinajstić information content (AvgIpc) is 3.43. The topological polar surface area (TPSA) is 78.9 Å². The minimum absolute atomic E-state index is 0.0969. The summed E-state index contributed by atoms with van der Waals surface area (Å²) in [5.74, 6) is -0.934. The van der Waals surface area contributed by atoms with Crippen molar-refractivity contribution < 1.29 is 28.6 Å². The predicted octanol–water partition coefficient (Wildman–Crippen LogP) is 22.0. The Kier molecular flexibility index (Phi) is 60.8. The molecule has 0 saturated heterocycles. The number of carbonyl (C=O) groups is 3. The zero-order valence-corrected chi connectivity index (χ0v) is 50.2. The number of hydrogen-bond donors (Lipinski definition) is 0. The Morgan fingerprint density at radius 3 is 0.818 bits per heavy atom. The standard InChI is InChI=1S/C71H118O6/c1-4-7-10-13-16-19-22-25-28-31-34-35-38-40-43-46-49-52-55-58-61-64-70(73)76-67-68(77-71(74)65-62-59-56-53-50-47-44-41-37-33-30-27-24-21-18-15-12-9-6-3)66-75-69(72)63-60-57-54-51-48-45-42-39-36-32-29-26-23-20-17-14-11-8-5-2/h7,9-10,12,16,18-19,21,25-30,34-35,37,41,47,50,68H,4-6,8,11,13-15,17,20,22-24,31-33,36,38-40,42-46,48-49,51-67H2,1-3H3/b10-7-,12-9-,19-16-,21-18-,28-25-,29-26-,30-27-,35-34-,41-37-,50-47-. The molecule has 438 valence electrons. The van der Waals surface area contributed by atoms with Crippen LogP contribution >= 0.6 is 0 Å². The number of esters is 3. The summed E-state index contributed by atoms with van der Waals surface area (Å²) in [7, 11) is 0. The van der Waals surface area contributed by atoms with Gasteiger partial charge < -0.3 is 14.2 Å². The molecule has 0 spiro atoms. The summed E-state index contributed by atoms with van der Waals surface area (Å²) in [4.78, 5) is 38.4. The van der Waals surface area contributed by atoms with Gasteiger partial charge in [-0.3, -0.25) is 14.4 Å². The molecular formula is C71H118O6. The molecule has 1 unspecified atom stereocenters. The lowest BCUT2D eigenvalue weighted by Gasteiger charge is -2.18. The molecule has 0 rings (SSSR count). The maximum atomic E-state index is 12.9. The molecule has 1 atom stereocenters. The lowest BCUT2D eigenvalue weighted by Crippen LogP contribution is -2.30. The van der Waals surface area contributed by atoms with E-state index in [2.05, 4.69) is 142 Å². The van der Waals surface area contributed by atoms with Gasteiger partial charge in [-0.2, -0.15) is 0 Å². The first-order chi connectivity index (χ1) is 38.0. The summed E-state index contributed by atoms with van der Waals surface area (Å²) in [6.45, 7) is 6.39. The molecule has 6 nitrogen and oxygen atoms in total. The summed E-state index contributed by atoms with van der Waals surface area (Å²) in [5.41, 5.74) is 0. The normalized spacial score (nSPS) is 12.9. The Bertz CT molecular complexity index is 1600. The van der Waals surface area contributed by atoms with Gasteiger partial charge in [-0.1, -0.05) is 264 Å². The highest BCUT2D eigenvalue weighted by Crippen LogP contribution is 2.15. The fraction of sp³-hybridized carbons (Fsp3) is 0.676. The minimum atomic E-state index is -0.805. The molecule has 0 aromatic heterocycles. The molecule has 0 aliphatic rings. The van der Waals surface area contributed by atoms with Crippen LogP contribution in [0.2, 0.25) is 0 Å². The first-order valence-corrected chi connectivity index (χ1v) is 32.0. The molecule has 6 heteroatoms. The van der Waals surface area contributed by atoms with E-state index in [1.165, 1.54) is 122 Å². The van der Waals surface area contributed by atoms with E-state index in [4.69, 9.17) is 14.2 Å². The van der Waals surface area contributed by atoms with Crippen LogP contribution in [0.15, 0.2) is 122 Å². The Morgan fingerprint density at radius 2 is 0.506 bits per heavy atom. The minimum Gasteiger partial charge on any atom is -0.462 e. The van der Waals surface area contributed by atoms with Crippen LogP contribution in [0.3, 0.4) is 0 Å². The zero-order valence-electron chi connectivity index (χ0n) is 50.2. The summed E-state index contributed by atoms with van der Waals surface area (Å²) in [6, 6.07) is 0. The van der Waals surface area contributed by atoms with E-state index in [9.17, 15) is 14.4 Å². The van der Waals surface area contributed by atoms with Crippen molar-refractivity contribution in [1.82, 2.24) is 0 Å². The molecule has 0 amide bonds. The molecule has 0 saturated carbocycles. The molecule has 0 bridgehead atoms. The Hall–Kier alpha value is -4.19. The second-order valence-electron chi connectivity index (χ2n) is 20.9. The van der Waals surface area contributed by atoms with Gasteiger partial charge in [0.2, 0.25) is 0 Å². The molecule has 0 radical (unpaired) electrons. The van der Waals surface area contributed by atoms with Crippen molar-refractivity contribution in [3.8, 4) is 0 Å². The number of carbonyl (C=O) groups excluding carboxylic acids is 3. The van der Waals surface area contributed by atoms with Gasteiger partial charge in [-0.05, 0) is 128 Å². The molecule has 77 heavy (non-hydrogen) atoms. The van der Waals surface area contributed by atoms with Gasteiger partial charge >= 0.3 is 17.9 Å². The Morgan fingerprint density at radius 1 is 0.273 bits per heavy atom. The van der Waals surface area contributed by atoms with Gasteiger partial charge in [-0.25, -0.2) is 0 Å². The van der Waals surface area contributed by atoms with Crippen molar-refractivity contribution in [3.05, 3.63) is 122 Å². The van der Waals surface area contributed by atoms with Crippen LogP contribution < -0.4 is 0 Å². The highest BCUT2D eigenvalue weighted by Gasteiger charge is 2.19. The van der Waals surface area contributed by atoms with Gasteiger partial charge in [-0.15, -0.1) is 0 Å². The zero-order chi connectivity index (χ0) is 55.7. The molecule has 0 aromatic carbocycles. The van der Waals surface area contributed by atoms with Crippen molar-refractivity contribution in [2.24, 2.45) is 0 Å². The van der Waals surface area contributed by atoms with Crippen LogP contribution in [0.25, 0.3) is 0 Å². The SMILES string of the molecule is CC/C=C\C/C=C\C/C=C\C/C=C\C/C=C\CCCCCC(=O)OC(COC(=O)CCCCCCCCCC/C=C\C/C=C\C/C=C\C/C=C\CC)COC(=O)CCCCCCCCCCC/C=C\CCCCCCCC. The second-order valence-corrected chi connectivity index (χ2v) is 20.9. The van der Waals surface area contributed by atoms with E-state index in [0.29, 0.717) is 12.8 Å². The number of allylic oxidation sites excluding steroid dienone is 20. The van der Waals surface area contributed by atoms with Crippen LogP contribution in [0, 0.1) is 0 Å². The average molecular weight is 1070 g/mol. The van der Waals surface area contributed by atoms with Crippen molar-refractivity contribution in [1.29, 1.82) is 0 Å². The molecular weight excluding hydrogens is 949 g/mol. The van der Waals surface area contributed by atoms with Crippen molar-refractivity contribution in [2.75, 3.05) is 13.2 Å². The van der Waals surface area contributed by atoms with Gasteiger partial charge in [0.25, 0.3) is 0 Å². The first kappa shape index (κ1) is 72.8. The van der Waals surface area contributed by atoms with Crippen LogP contribution in [-0.4, -0.2) is 37.2 Å². The van der Waals surface area contributed by atoms with Gasteiger partial charge in [0.15, 0.2) is 6.10 Å². The lowest BCUT2D eigenvalue weighted by atomic mass is 10.1. The fourth-order valence-electron chi connectivity index (χ4n) is 8.69. The van der Waals surface area contributed by atoms with E-state index in [0.717, 1.165) is 128 Å². The maximum absolute atomic E-state index is 12.9. The quantitative estimate of drug-likeness (QED) is 0.0261. The summed E-state index contributed by atoms with van der Waals surface area (Å²) in [5, 5.41) is 0. The molecule has 0 N–H and O–H groups in total. The highest BCUT2D eigenvalue weighted by molar-refractivity contribution is 5.71. The molecule has 0 heterocycles. The summed E-state index contributed by atoms with van der Waals surface area (Å²) in [6.07, 6.45) is 89.1. The second kappa shape index (κ2) is 64.3. The summed E-state index contributed by atoms with van der Waals surface area (Å²) < 4.78 is 16.9. The first-order valence-electron chi connectivity index (χ1n) is 32.0. The monoisotopic (exact) mass is 1070 g/mol. The highest BCUT2D eigenvalue weighted by atomic mass is 16.6. The van der Waals surface area contributed by atoms with Crippen molar-refractivity contribution >= 4 is 17.9 Å². The number of unbranched alkanes of at least 4 members (excludes halogenated alkanes) is 26. The van der Waals surface area contributed by atoms with Crippen LogP contribution in [-0.2, 0) is 28.6 Å². The molecule has 0 aromatic rings. The maximum Gasteiger partial charge on any atom is 0.306 e. The van der Waals surface area contributed by atoms with E-state index < -0.39 is 6.10 Å². The van der Waals surface area contributed by atoms with Crippen molar-refractivity contribution in [3.63, 3.8) is 0 Å². The molecule has 0 fully saturated rings. The largest absolute Gasteiger partial charge is 0.462 e. The summed E-state index contributed by atoms with van der Waals surface area (Å²) >= 11 is 0. The van der Waals surface area contributed by atoms with Crippen LogP contribution in [0.4, 0.5) is 0 Å². The van der Waals surface area contributed by atoms with Crippen LogP contribution in [0.5, 0.6) is 0 Å². The van der Waals surface area contributed by atoms with E-state index in [1.807, 2.05) is 0 Å². The Labute approximate surface area is 475 Å². The lowest BCUT2D eigenvalue weighted by molar-refractivity contribution is -0.167. The van der Waals surface area contributed by atoms with Gasteiger partial charge in [0, 0.05) is 19.3 Å². The number of hydrogen-bond acceptors (Lipinski definition) is 6. The van der Waals surface area contributed by atoms with Gasteiger partial charge in [0.05, 0.1) is 0 Å². The van der Waals surface area contributed by atoms with E-state index in [1.54, 1.807) is 0 Å². The Balaban J connectivity index is 4.47.